The molecule has 2 heterocycles. The Labute approximate surface area is 141 Å². The fraction of sp³-hybridized carbons (Fsp3) is 0.533. The number of sulfonamides is 1. The average Bonchev–Trinajstić information content (AvgIpc) is 2.94. The molecule has 8 nitrogen and oxygen atoms in total. The third-order valence-corrected chi connectivity index (χ3v) is 6.53. The van der Waals surface area contributed by atoms with Crippen LogP contribution in [-0.4, -0.2) is 58.1 Å². The van der Waals surface area contributed by atoms with Crippen molar-refractivity contribution in [3.8, 4) is 11.5 Å². The number of ether oxygens (including phenoxy) is 2. The van der Waals surface area contributed by atoms with Crippen LogP contribution in [0.1, 0.15) is 12.8 Å². The van der Waals surface area contributed by atoms with Crippen molar-refractivity contribution >= 4 is 16.1 Å². The molecule has 0 saturated carbocycles. The summed E-state index contributed by atoms with van der Waals surface area (Å²) in [5.74, 6) is 0.855. The molecule has 0 radical (unpaired) electrons. The van der Waals surface area contributed by atoms with Crippen molar-refractivity contribution in [1.82, 2.24) is 14.9 Å². The number of methoxy groups -OCH3 is 2. The van der Waals surface area contributed by atoms with E-state index in [1.165, 1.54) is 30.7 Å². The van der Waals surface area contributed by atoms with Crippen LogP contribution in [0.5, 0.6) is 11.5 Å². The summed E-state index contributed by atoms with van der Waals surface area (Å²) in [5, 5.41) is 5.65. The molecular formula is C15H21N3O5S. The minimum Gasteiger partial charge on any atom is -0.493 e. The lowest BCUT2D eigenvalue weighted by atomic mass is 9.90. The summed E-state index contributed by atoms with van der Waals surface area (Å²) < 4.78 is 37.5. The fourth-order valence-electron chi connectivity index (χ4n) is 3.16. The van der Waals surface area contributed by atoms with Gasteiger partial charge in [0.2, 0.25) is 10.0 Å². The highest BCUT2D eigenvalue weighted by Crippen LogP contribution is 2.33. The van der Waals surface area contributed by atoms with Gasteiger partial charge in [-0.1, -0.05) is 0 Å². The van der Waals surface area contributed by atoms with Crippen molar-refractivity contribution < 1.29 is 22.7 Å². The van der Waals surface area contributed by atoms with Gasteiger partial charge in [-0.25, -0.2) is 13.2 Å². The SMILES string of the molecule is COc1ccc(S(=O)(=O)N2CCC3(CC2)CNC(=O)N3)cc1OC. The molecular weight excluding hydrogens is 334 g/mol. The minimum absolute atomic E-state index is 0.171. The first-order valence-electron chi connectivity index (χ1n) is 7.68. The Kier molecular flexibility index (Phi) is 4.31. The zero-order valence-electron chi connectivity index (χ0n) is 13.7. The van der Waals surface area contributed by atoms with Crippen LogP contribution in [0.3, 0.4) is 0 Å². The van der Waals surface area contributed by atoms with Crippen LogP contribution in [0.4, 0.5) is 4.79 Å². The molecule has 132 valence electrons. The molecule has 0 aliphatic carbocycles. The van der Waals surface area contributed by atoms with Crippen LogP contribution >= 0.6 is 0 Å². The van der Waals surface area contributed by atoms with Crippen molar-refractivity contribution in [3.63, 3.8) is 0 Å². The summed E-state index contributed by atoms with van der Waals surface area (Å²) >= 11 is 0. The molecule has 0 aromatic heterocycles. The minimum atomic E-state index is -3.61. The van der Waals surface area contributed by atoms with Crippen LogP contribution in [0.2, 0.25) is 0 Å². The Morgan fingerprint density at radius 3 is 2.33 bits per heavy atom. The average molecular weight is 355 g/mol. The quantitative estimate of drug-likeness (QED) is 0.822. The lowest BCUT2D eigenvalue weighted by Gasteiger charge is -2.37. The fourth-order valence-corrected chi connectivity index (χ4v) is 4.62. The van der Waals surface area contributed by atoms with E-state index in [-0.39, 0.29) is 16.5 Å². The molecule has 24 heavy (non-hydrogen) atoms. The standard InChI is InChI=1S/C15H21N3O5S/c1-22-12-4-3-11(9-13(12)23-2)24(20,21)18-7-5-15(6-8-18)10-16-14(19)17-15/h3-4,9H,5-8,10H2,1-2H3,(H2,16,17,19). The summed E-state index contributed by atoms with van der Waals surface area (Å²) in [4.78, 5) is 11.5. The van der Waals surface area contributed by atoms with Crippen LogP contribution in [0.25, 0.3) is 0 Å². The lowest BCUT2D eigenvalue weighted by molar-refractivity contribution is 0.216. The zero-order valence-corrected chi connectivity index (χ0v) is 14.5. The first-order chi connectivity index (χ1) is 11.4. The molecule has 1 spiro atoms. The Hall–Kier alpha value is -2.00. The highest BCUT2D eigenvalue weighted by atomic mass is 32.2. The van der Waals surface area contributed by atoms with Crippen LogP contribution in [0.15, 0.2) is 23.1 Å². The molecule has 9 heteroatoms. The van der Waals surface area contributed by atoms with E-state index in [1.54, 1.807) is 6.07 Å². The maximum Gasteiger partial charge on any atom is 0.315 e. The Balaban J connectivity index is 1.78. The second-order valence-corrected chi connectivity index (χ2v) is 7.95. The molecule has 3 rings (SSSR count). The van der Waals surface area contributed by atoms with E-state index in [1.807, 2.05) is 0 Å². The van der Waals surface area contributed by atoms with Gasteiger partial charge >= 0.3 is 6.03 Å². The van der Waals surface area contributed by atoms with Crippen LogP contribution in [0, 0.1) is 0 Å². The molecule has 0 bridgehead atoms. The predicted molar refractivity (Wildman–Crippen MR) is 86.8 cm³/mol. The van der Waals surface area contributed by atoms with Crippen LogP contribution in [-0.2, 0) is 10.0 Å². The third-order valence-electron chi connectivity index (χ3n) is 4.64. The molecule has 2 N–H and O–H groups in total. The molecule has 2 fully saturated rings. The van der Waals surface area contributed by atoms with Gasteiger partial charge in [0.25, 0.3) is 0 Å². The number of nitrogens with one attached hydrogen (secondary N) is 2. The van der Waals surface area contributed by atoms with Crippen molar-refractivity contribution in [2.75, 3.05) is 33.9 Å². The number of hydrogen-bond donors (Lipinski definition) is 2. The summed E-state index contributed by atoms with van der Waals surface area (Å²) in [6.07, 6.45) is 1.16. The molecule has 0 atom stereocenters. The van der Waals surface area contributed by atoms with Gasteiger partial charge in [0.1, 0.15) is 0 Å². The van der Waals surface area contributed by atoms with E-state index in [9.17, 15) is 13.2 Å². The third kappa shape index (κ3) is 2.89. The van der Waals surface area contributed by atoms with Gasteiger partial charge in [-0.15, -0.1) is 0 Å². The maximum atomic E-state index is 12.8. The van der Waals surface area contributed by atoms with E-state index in [0.29, 0.717) is 44.0 Å². The van der Waals surface area contributed by atoms with Gasteiger partial charge in [0.15, 0.2) is 11.5 Å². The molecule has 0 unspecified atom stereocenters. The monoisotopic (exact) mass is 355 g/mol. The first kappa shape index (κ1) is 16.8. The maximum absolute atomic E-state index is 12.8. The van der Waals surface area contributed by atoms with Gasteiger partial charge < -0.3 is 20.1 Å². The van der Waals surface area contributed by atoms with Crippen molar-refractivity contribution in [2.45, 2.75) is 23.3 Å². The summed E-state index contributed by atoms with van der Waals surface area (Å²) in [6.45, 7) is 1.26. The van der Waals surface area contributed by atoms with Gasteiger partial charge in [-0.3, -0.25) is 0 Å². The van der Waals surface area contributed by atoms with Crippen molar-refractivity contribution in [3.05, 3.63) is 18.2 Å². The number of carbonyl (C=O) groups excluding carboxylic acids is 1. The van der Waals surface area contributed by atoms with E-state index >= 15 is 0 Å². The zero-order chi connectivity index (χ0) is 17.4. The molecule has 2 amide bonds. The van der Waals surface area contributed by atoms with E-state index in [4.69, 9.17) is 9.47 Å². The van der Waals surface area contributed by atoms with E-state index < -0.39 is 10.0 Å². The van der Waals surface area contributed by atoms with Gasteiger partial charge in [0.05, 0.1) is 24.7 Å². The number of benzene rings is 1. The summed E-state index contributed by atoms with van der Waals surface area (Å²) in [5.41, 5.74) is -0.333. The first-order valence-corrected chi connectivity index (χ1v) is 9.12. The number of nitrogens with zero attached hydrogens (tertiary/aromatic N) is 1. The number of carbonyl (C=O) groups is 1. The molecule has 1 aromatic carbocycles. The van der Waals surface area contributed by atoms with E-state index in [2.05, 4.69) is 10.6 Å². The second-order valence-electron chi connectivity index (χ2n) is 6.01. The number of amides is 2. The van der Waals surface area contributed by atoms with Crippen LogP contribution < -0.4 is 20.1 Å². The van der Waals surface area contributed by atoms with Crippen molar-refractivity contribution in [1.29, 1.82) is 0 Å². The topological polar surface area (TPSA) is 97.0 Å². The van der Waals surface area contributed by atoms with Crippen molar-refractivity contribution in [2.24, 2.45) is 0 Å². The number of rotatable bonds is 4. The Morgan fingerprint density at radius 2 is 1.79 bits per heavy atom. The highest BCUT2D eigenvalue weighted by Gasteiger charge is 2.42. The lowest BCUT2D eigenvalue weighted by Crippen LogP contribution is -2.53. The smallest absolute Gasteiger partial charge is 0.315 e. The molecule has 2 aliphatic heterocycles. The normalized spacial score (nSPS) is 20.5. The number of hydrogen-bond acceptors (Lipinski definition) is 5. The second kappa shape index (κ2) is 6.14. The highest BCUT2D eigenvalue weighted by molar-refractivity contribution is 7.89. The Bertz CT molecular complexity index is 741. The van der Waals surface area contributed by atoms with Gasteiger partial charge in [-0.2, -0.15) is 4.31 Å². The van der Waals surface area contributed by atoms with Gasteiger partial charge in [-0.05, 0) is 25.0 Å². The van der Waals surface area contributed by atoms with E-state index in [0.717, 1.165) is 0 Å². The molecule has 2 aliphatic rings. The molecule has 2 saturated heterocycles. The predicted octanol–water partition coefficient (Wildman–Crippen LogP) is 0.540. The summed E-state index contributed by atoms with van der Waals surface area (Å²) in [7, 11) is -0.648. The van der Waals surface area contributed by atoms with Gasteiger partial charge in [0, 0.05) is 25.7 Å². The number of urea groups is 1. The molecule has 1 aromatic rings. The summed E-state index contributed by atoms with van der Waals surface area (Å²) in [6, 6.07) is 4.38. The number of piperidine rings is 1. The Morgan fingerprint density at radius 1 is 1.12 bits per heavy atom. The largest absolute Gasteiger partial charge is 0.493 e.